The maximum absolute atomic E-state index is 12.6. The highest BCUT2D eigenvalue weighted by molar-refractivity contribution is 7.98. The van der Waals surface area contributed by atoms with Crippen LogP contribution in [0.1, 0.15) is 35.3 Å². The maximum atomic E-state index is 12.6. The third-order valence-electron chi connectivity index (χ3n) is 3.66. The smallest absolute Gasteiger partial charge is 0.257 e. The van der Waals surface area contributed by atoms with Gasteiger partial charge < -0.3 is 5.32 Å². The van der Waals surface area contributed by atoms with E-state index in [-0.39, 0.29) is 5.91 Å². The molecule has 2 aromatic carbocycles. The van der Waals surface area contributed by atoms with Gasteiger partial charge in [-0.25, -0.2) is 0 Å². The topological polar surface area (TPSA) is 29.1 Å². The van der Waals surface area contributed by atoms with Crippen LogP contribution in [0.3, 0.4) is 0 Å². The van der Waals surface area contributed by atoms with Crippen molar-refractivity contribution in [3.63, 3.8) is 0 Å². The van der Waals surface area contributed by atoms with E-state index in [1.165, 1.54) is 0 Å². The van der Waals surface area contributed by atoms with E-state index >= 15 is 0 Å². The molecule has 0 aromatic heterocycles. The fourth-order valence-corrected chi connectivity index (χ4v) is 3.03. The Balaban J connectivity index is 2.37. The number of thioether (sulfide) groups is 1. The lowest BCUT2D eigenvalue weighted by Crippen LogP contribution is -2.15. The molecule has 1 N–H and O–H groups in total. The zero-order valence-electron chi connectivity index (χ0n) is 13.1. The normalized spacial score (nSPS) is 10.5. The molecule has 2 aromatic rings. The highest BCUT2D eigenvalue weighted by Crippen LogP contribution is 2.27. The van der Waals surface area contributed by atoms with Gasteiger partial charge in [0, 0.05) is 10.6 Å². The summed E-state index contributed by atoms with van der Waals surface area (Å²) in [7, 11) is 0. The van der Waals surface area contributed by atoms with Crippen molar-refractivity contribution in [1.82, 2.24) is 0 Å². The Hall–Kier alpha value is -1.45. The minimum absolute atomic E-state index is 0.156. The standard InChI is InChI=1S/C18H20ClNOS/c1-4-12-7-6-8-13(5-2)17(12)20-18(21)15-11-14(22-3)9-10-16(15)19/h6-11H,4-5H2,1-3H3,(H,20,21). The fraction of sp³-hybridized carbons (Fsp3) is 0.278. The first-order chi connectivity index (χ1) is 10.6. The van der Waals surface area contributed by atoms with Crippen LogP contribution in [-0.2, 0) is 12.8 Å². The van der Waals surface area contributed by atoms with E-state index in [4.69, 9.17) is 11.6 Å². The largest absolute Gasteiger partial charge is 0.321 e. The second-order valence-corrected chi connectivity index (χ2v) is 6.25. The van der Waals surface area contributed by atoms with E-state index in [0.717, 1.165) is 34.6 Å². The molecule has 0 atom stereocenters. The number of anilines is 1. The van der Waals surface area contributed by atoms with Crippen LogP contribution in [-0.4, -0.2) is 12.2 Å². The van der Waals surface area contributed by atoms with Crippen molar-refractivity contribution in [1.29, 1.82) is 0 Å². The molecule has 22 heavy (non-hydrogen) atoms. The van der Waals surface area contributed by atoms with Gasteiger partial charge in [0.15, 0.2) is 0 Å². The Morgan fingerprint density at radius 1 is 1.14 bits per heavy atom. The van der Waals surface area contributed by atoms with Gasteiger partial charge in [-0.2, -0.15) is 0 Å². The molecule has 0 aliphatic rings. The molecule has 0 saturated heterocycles. The van der Waals surface area contributed by atoms with Gasteiger partial charge in [-0.1, -0.05) is 43.6 Å². The number of rotatable bonds is 5. The van der Waals surface area contributed by atoms with Gasteiger partial charge in [0.25, 0.3) is 5.91 Å². The van der Waals surface area contributed by atoms with Crippen LogP contribution in [0.4, 0.5) is 5.69 Å². The van der Waals surface area contributed by atoms with E-state index in [1.54, 1.807) is 17.8 Å². The van der Waals surface area contributed by atoms with Gasteiger partial charge in [0.1, 0.15) is 0 Å². The molecule has 0 aliphatic heterocycles. The van der Waals surface area contributed by atoms with E-state index in [9.17, 15) is 4.79 Å². The lowest BCUT2D eigenvalue weighted by atomic mass is 10.0. The Labute approximate surface area is 141 Å². The first-order valence-corrected chi connectivity index (χ1v) is 8.96. The quantitative estimate of drug-likeness (QED) is 0.738. The molecule has 116 valence electrons. The zero-order valence-corrected chi connectivity index (χ0v) is 14.6. The van der Waals surface area contributed by atoms with Gasteiger partial charge in [-0.05, 0) is 48.4 Å². The lowest BCUT2D eigenvalue weighted by molar-refractivity contribution is 0.102. The number of halogens is 1. The van der Waals surface area contributed by atoms with Crippen LogP contribution >= 0.6 is 23.4 Å². The number of carbonyl (C=O) groups is 1. The molecule has 0 heterocycles. The van der Waals surface area contributed by atoms with Gasteiger partial charge in [0.05, 0.1) is 10.6 Å². The molecule has 0 radical (unpaired) electrons. The molecular weight excluding hydrogens is 314 g/mol. The van der Waals surface area contributed by atoms with Crippen molar-refractivity contribution in [2.45, 2.75) is 31.6 Å². The molecule has 0 saturated carbocycles. The van der Waals surface area contributed by atoms with Gasteiger partial charge in [-0.3, -0.25) is 4.79 Å². The van der Waals surface area contributed by atoms with Crippen LogP contribution < -0.4 is 5.32 Å². The first-order valence-electron chi connectivity index (χ1n) is 7.36. The fourth-order valence-electron chi connectivity index (χ4n) is 2.39. The minimum Gasteiger partial charge on any atom is -0.321 e. The summed E-state index contributed by atoms with van der Waals surface area (Å²) in [6.07, 6.45) is 3.73. The molecule has 1 amide bonds. The van der Waals surface area contributed by atoms with Crippen molar-refractivity contribution in [3.05, 3.63) is 58.1 Å². The summed E-state index contributed by atoms with van der Waals surface area (Å²) in [5.41, 5.74) is 3.72. The van der Waals surface area contributed by atoms with Crippen molar-refractivity contribution < 1.29 is 4.79 Å². The number of nitrogens with one attached hydrogen (secondary N) is 1. The Bertz CT molecular complexity index is 663. The SMILES string of the molecule is CCc1cccc(CC)c1NC(=O)c1cc(SC)ccc1Cl. The number of benzene rings is 2. The molecule has 0 fully saturated rings. The summed E-state index contributed by atoms with van der Waals surface area (Å²) in [6, 6.07) is 11.7. The van der Waals surface area contributed by atoms with E-state index in [0.29, 0.717) is 10.6 Å². The third kappa shape index (κ3) is 3.65. The number of amides is 1. The van der Waals surface area contributed by atoms with Crippen LogP contribution in [0, 0.1) is 0 Å². The molecule has 4 heteroatoms. The van der Waals surface area contributed by atoms with Crippen molar-refractivity contribution >= 4 is 35.0 Å². The van der Waals surface area contributed by atoms with E-state index in [1.807, 2.05) is 24.5 Å². The summed E-state index contributed by atoms with van der Waals surface area (Å²) in [6.45, 7) is 4.18. The number of hydrogen-bond donors (Lipinski definition) is 1. The lowest BCUT2D eigenvalue weighted by Gasteiger charge is -2.15. The van der Waals surface area contributed by atoms with E-state index in [2.05, 4.69) is 31.3 Å². The highest BCUT2D eigenvalue weighted by Gasteiger charge is 2.15. The molecule has 0 aliphatic carbocycles. The Kier molecular flexibility index (Phi) is 5.92. The molecule has 0 bridgehead atoms. The first kappa shape index (κ1) is 16.9. The Morgan fingerprint density at radius 3 is 2.32 bits per heavy atom. The number of carbonyl (C=O) groups excluding carboxylic acids is 1. The van der Waals surface area contributed by atoms with Crippen LogP contribution in [0.5, 0.6) is 0 Å². The molecule has 2 rings (SSSR count). The van der Waals surface area contributed by atoms with Crippen molar-refractivity contribution in [3.8, 4) is 0 Å². The van der Waals surface area contributed by atoms with Gasteiger partial charge in [0.2, 0.25) is 0 Å². The van der Waals surface area contributed by atoms with Gasteiger partial charge in [-0.15, -0.1) is 11.8 Å². The van der Waals surface area contributed by atoms with Crippen LogP contribution in [0.25, 0.3) is 0 Å². The maximum Gasteiger partial charge on any atom is 0.257 e. The predicted molar refractivity (Wildman–Crippen MR) is 96.4 cm³/mol. The number of hydrogen-bond acceptors (Lipinski definition) is 2. The summed E-state index contributed by atoms with van der Waals surface area (Å²) in [4.78, 5) is 13.7. The average molecular weight is 334 g/mol. The summed E-state index contributed by atoms with van der Waals surface area (Å²) < 4.78 is 0. The van der Waals surface area contributed by atoms with Crippen molar-refractivity contribution in [2.75, 3.05) is 11.6 Å². The molecule has 2 nitrogen and oxygen atoms in total. The van der Waals surface area contributed by atoms with Crippen LogP contribution in [0.2, 0.25) is 5.02 Å². The molecule has 0 spiro atoms. The minimum atomic E-state index is -0.156. The second-order valence-electron chi connectivity index (χ2n) is 4.96. The monoisotopic (exact) mass is 333 g/mol. The third-order valence-corrected chi connectivity index (χ3v) is 4.71. The molecule has 0 unspecified atom stereocenters. The molecular formula is C18H20ClNOS. The number of aryl methyl sites for hydroxylation is 2. The van der Waals surface area contributed by atoms with Gasteiger partial charge >= 0.3 is 0 Å². The second kappa shape index (κ2) is 7.70. The summed E-state index contributed by atoms with van der Waals surface area (Å²) in [5, 5.41) is 3.53. The zero-order chi connectivity index (χ0) is 16.1. The van der Waals surface area contributed by atoms with E-state index < -0.39 is 0 Å². The Morgan fingerprint density at radius 2 is 1.77 bits per heavy atom. The average Bonchev–Trinajstić information content (AvgIpc) is 2.55. The predicted octanol–water partition coefficient (Wildman–Crippen LogP) is 5.44. The summed E-state index contributed by atoms with van der Waals surface area (Å²) in [5.74, 6) is -0.156. The highest BCUT2D eigenvalue weighted by atomic mass is 35.5. The van der Waals surface area contributed by atoms with Crippen LogP contribution in [0.15, 0.2) is 41.3 Å². The van der Waals surface area contributed by atoms with Crippen molar-refractivity contribution in [2.24, 2.45) is 0 Å². The summed E-state index contributed by atoms with van der Waals surface area (Å²) >= 11 is 7.78. The number of para-hydroxylation sites is 1.